The van der Waals surface area contributed by atoms with Gasteiger partial charge in [0, 0.05) is 43.4 Å². The SMILES string of the molecule is CC(C)NC(=O)[C@H]1CN(C(=O)Nc2ccc(F)cc2)CC12CCOCC2. The molecule has 6 nitrogen and oxygen atoms in total. The number of hydrogen-bond acceptors (Lipinski definition) is 3. The summed E-state index contributed by atoms with van der Waals surface area (Å²) in [6, 6.07) is 5.45. The zero-order chi connectivity index (χ0) is 18.7. The van der Waals surface area contributed by atoms with Gasteiger partial charge in [-0.3, -0.25) is 4.79 Å². The second-order valence-corrected chi connectivity index (χ2v) is 7.51. The molecule has 1 aromatic rings. The molecule has 2 aliphatic rings. The van der Waals surface area contributed by atoms with Crippen LogP contribution >= 0.6 is 0 Å². The molecule has 0 aromatic heterocycles. The molecule has 0 aliphatic carbocycles. The average Bonchev–Trinajstić information content (AvgIpc) is 2.96. The molecule has 1 spiro atoms. The van der Waals surface area contributed by atoms with Crippen molar-refractivity contribution in [2.24, 2.45) is 11.3 Å². The molecule has 0 unspecified atom stereocenters. The smallest absolute Gasteiger partial charge is 0.321 e. The van der Waals surface area contributed by atoms with E-state index in [0.29, 0.717) is 32.0 Å². The Morgan fingerprint density at radius 3 is 2.50 bits per heavy atom. The Morgan fingerprint density at radius 1 is 1.23 bits per heavy atom. The van der Waals surface area contributed by atoms with Gasteiger partial charge in [-0.05, 0) is 51.0 Å². The maximum Gasteiger partial charge on any atom is 0.321 e. The lowest BCUT2D eigenvalue weighted by molar-refractivity contribution is -0.130. The first-order valence-corrected chi connectivity index (χ1v) is 9.09. The molecule has 26 heavy (non-hydrogen) atoms. The van der Waals surface area contributed by atoms with E-state index in [-0.39, 0.29) is 35.1 Å². The first kappa shape index (κ1) is 18.6. The van der Waals surface area contributed by atoms with Gasteiger partial charge in [-0.15, -0.1) is 0 Å². The van der Waals surface area contributed by atoms with Crippen molar-refractivity contribution in [1.82, 2.24) is 10.2 Å². The summed E-state index contributed by atoms with van der Waals surface area (Å²) in [6.45, 7) is 5.99. The first-order valence-electron chi connectivity index (χ1n) is 9.09. The van der Waals surface area contributed by atoms with Gasteiger partial charge in [-0.2, -0.15) is 0 Å². The van der Waals surface area contributed by atoms with E-state index in [0.717, 1.165) is 12.8 Å². The van der Waals surface area contributed by atoms with Gasteiger partial charge in [-0.25, -0.2) is 9.18 Å². The number of urea groups is 1. The molecular weight excluding hydrogens is 337 g/mol. The maximum atomic E-state index is 13.0. The number of ether oxygens (including phenoxy) is 1. The van der Waals surface area contributed by atoms with Crippen molar-refractivity contribution in [3.8, 4) is 0 Å². The average molecular weight is 363 g/mol. The number of likely N-dealkylation sites (tertiary alicyclic amines) is 1. The highest BCUT2D eigenvalue weighted by Crippen LogP contribution is 2.44. The van der Waals surface area contributed by atoms with Crippen LogP contribution in [0.1, 0.15) is 26.7 Å². The molecule has 0 bridgehead atoms. The predicted molar refractivity (Wildman–Crippen MR) is 96.2 cm³/mol. The number of amides is 3. The Labute approximate surface area is 153 Å². The highest BCUT2D eigenvalue weighted by atomic mass is 19.1. The standard InChI is InChI=1S/C19H26FN3O3/c1-13(2)21-17(24)16-11-23(12-19(16)7-9-26-10-8-19)18(25)22-15-5-3-14(20)4-6-15/h3-6,13,16H,7-12H2,1-2H3,(H,21,24)(H,22,25)/t16-/m1/s1. The molecule has 1 aromatic carbocycles. The minimum atomic E-state index is -0.351. The van der Waals surface area contributed by atoms with E-state index in [4.69, 9.17) is 4.74 Å². The van der Waals surface area contributed by atoms with E-state index in [2.05, 4.69) is 10.6 Å². The lowest BCUT2D eigenvalue weighted by Crippen LogP contribution is -2.46. The van der Waals surface area contributed by atoms with Crippen LogP contribution in [-0.2, 0) is 9.53 Å². The number of carbonyl (C=O) groups excluding carboxylic acids is 2. The van der Waals surface area contributed by atoms with Gasteiger partial charge < -0.3 is 20.3 Å². The Hall–Kier alpha value is -2.15. The Morgan fingerprint density at radius 2 is 1.88 bits per heavy atom. The van der Waals surface area contributed by atoms with Crippen molar-refractivity contribution in [2.75, 3.05) is 31.6 Å². The Balaban J connectivity index is 1.73. The summed E-state index contributed by atoms with van der Waals surface area (Å²) in [5, 5.41) is 5.78. The number of carbonyl (C=O) groups is 2. The van der Waals surface area contributed by atoms with Crippen LogP contribution in [0.5, 0.6) is 0 Å². The van der Waals surface area contributed by atoms with E-state index >= 15 is 0 Å². The number of rotatable bonds is 3. The van der Waals surface area contributed by atoms with Gasteiger partial charge in [0.1, 0.15) is 5.82 Å². The van der Waals surface area contributed by atoms with Crippen molar-refractivity contribution in [3.05, 3.63) is 30.1 Å². The third kappa shape index (κ3) is 3.98. The van der Waals surface area contributed by atoms with Gasteiger partial charge in [-0.1, -0.05) is 0 Å². The maximum absolute atomic E-state index is 13.0. The number of anilines is 1. The Bertz CT molecular complexity index is 656. The van der Waals surface area contributed by atoms with Crippen molar-refractivity contribution in [3.63, 3.8) is 0 Å². The van der Waals surface area contributed by atoms with Gasteiger partial charge >= 0.3 is 6.03 Å². The molecule has 2 saturated heterocycles. The number of nitrogens with zero attached hydrogens (tertiary/aromatic N) is 1. The minimum Gasteiger partial charge on any atom is -0.381 e. The van der Waals surface area contributed by atoms with Crippen LogP contribution in [0.3, 0.4) is 0 Å². The third-order valence-corrected chi connectivity index (χ3v) is 5.27. The molecule has 2 heterocycles. The summed E-state index contributed by atoms with van der Waals surface area (Å²) >= 11 is 0. The quantitative estimate of drug-likeness (QED) is 0.867. The highest BCUT2D eigenvalue weighted by Gasteiger charge is 2.51. The van der Waals surface area contributed by atoms with Crippen molar-refractivity contribution in [2.45, 2.75) is 32.7 Å². The second-order valence-electron chi connectivity index (χ2n) is 7.51. The molecule has 2 aliphatic heterocycles. The fourth-order valence-corrected chi connectivity index (χ4v) is 3.89. The monoisotopic (exact) mass is 363 g/mol. The van der Waals surface area contributed by atoms with E-state index in [9.17, 15) is 14.0 Å². The van der Waals surface area contributed by atoms with Crippen LogP contribution < -0.4 is 10.6 Å². The molecule has 2 N–H and O–H groups in total. The van der Waals surface area contributed by atoms with Crippen molar-refractivity contribution >= 4 is 17.6 Å². The number of benzene rings is 1. The predicted octanol–water partition coefficient (Wildman–Crippen LogP) is 2.61. The van der Waals surface area contributed by atoms with Crippen LogP contribution in [0, 0.1) is 17.2 Å². The van der Waals surface area contributed by atoms with Crippen LogP contribution in [0.2, 0.25) is 0 Å². The van der Waals surface area contributed by atoms with Crippen LogP contribution in [-0.4, -0.2) is 49.2 Å². The van der Waals surface area contributed by atoms with E-state index in [1.165, 1.54) is 24.3 Å². The fraction of sp³-hybridized carbons (Fsp3) is 0.579. The van der Waals surface area contributed by atoms with E-state index in [1.807, 2.05) is 13.8 Å². The number of halogens is 1. The first-order chi connectivity index (χ1) is 12.4. The van der Waals surface area contributed by atoms with Gasteiger partial charge in [0.25, 0.3) is 0 Å². The molecular formula is C19H26FN3O3. The molecule has 0 radical (unpaired) electrons. The Kier molecular flexibility index (Phi) is 5.46. The summed E-state index contributed by atoms with van der Waals surface area (Å²) in [5.74, 6) is -0.595. The summed E-state index contributed by atoms with van der Waals surface area (Å²) in [5.41, 5.74) is 0.296. The van der Waals surface area contributed by atoms with E-state index in [1.54, 1.807) is 4.90 Å². The molecule has 3 amide bonds. The molecule has 1 atom stereocenters. The lowest BCUT2D eigenvalue weighted by Gasteiger charge is -2.37. The second kappa shape index (κ2) is 7.61. The van der Waals surface area contributed by atoms with Gasteiger partial charge in [0.2, 0.25) is 5.91 Å². The topological polar surface area (TPSA) is 70.7 Å². The molecule has 142 valence electrons. The third-order valence-electron chi connectivity index (χ3n) is 5.27. The van der Waals surface area contributed by atoms with Crippen LogP contribution in [0.15, 0.2) is 24.3 Å². The molecule has 0 saturated carbocycles. The largest absolute Gasteiger partial charge is 0.381 e. The zero-order valence-electron chi connectivity index (χ0n) is 15.3. The van der Waals surface area contributed by atoms with Gasteiger partial charge in [0.15, 0.2) is 0 Å². The molecule has 7 heteroatoms. The molecule has 3 rings (SSSR count). The summed E-state index contributed by atoms with van der Waals surface area (Å²) in [4.78, 5) is 27.1. The summed E-state index contributed by atoms with van der Waals surface area (Å²) in [7, 11) is 0. The highest BCUT2D eigenvalue weighted by molar-refractivity contribution is 5.90. The number of nitrogens with one attached hydrogen (secondary N) is 2. The fourth-order valence-electron chi connectivity index (χ4n) is 3.89. The normalized spacial score (nSPS) is 21.8. The van der Waals surface area contributed by atoms with Crippen LogP contribution in [0.4, 0.5) is 14.9 Å². The van der Waals surface area contributed by atoms with Crippen molar-refractivity contribution < 1.29 is 18.7 Å². The van der Waals surface area contributed by atoms with E-state index < -0.39 is 0 Å². The summed E-state index contributed by atoms with van der Waals surface area (Å²) < 4.78 is 18.5. The summed E-state index contributed by atoms with van der Waals surface area (Å²) in [6.07, 6.45) is 1.53. The number of hydrogen-bond donors (Lipinski definition) is 2. The zero-order valence-corrected chi connectivity index (χ0v) is 15.3. The van der Waals surface area contributed by atoms with Gasteiger partial charge in [0.05, 0.1) is 5.92 Å². The van der Waals surface area contributed by atoms with Crippen LogP contribution in [0.25, 0.3) is 0 Å². The minimum absolute atomic E-state index is 0.000942. The van der Waals surface area contributed by atoms with Crippen molar-refractivity contribution in [1.29, 1.82) is 0 Å². The molecule has 2 fully saturated rings. The lowest BCUT2D eigenvalue weighted by atomic mass is 9.71.